The van der Waals surface area contributed by atoms with Crippen molar-refractivity contribution in [2.45, 2.75) is 13.8 Å². The molecule has 0 unspecified atom stereocenters. The Labute approximate surface area is 198 Å². The number of hydrogen-bond acceptors (Lipinski definition) is 6. The first-order valence-corrected chi connectivity index (χ1v) is 10.9. The van der Waals surface area contributed by atoms with Gasteiger partial charge in [-0.15, -0.1) is 0 Å². The van der Waals surface area contributed by atoms with Crippen molar-refractivity contribution in [3.63, 3.8) is 0 Å². The van der Waals surface area contributed by atoms with Gasteiger partial charge >= 0.3 is 0 Å². The Morgan fingerprint density at radius 3 is 2.12 bits per heavy atom. The van der Waals surface area contributed by atoms with Crippen molar-refractivity contribution in [1.82, 2.24) is 0 Å². The Balaban J connectivity index is 1.80. The number of nitrogens with zero attached hydrogens (tertiary/aromatic N) is 1. The van der Waals surface area contributed by atoms with Crippen LogP contribution in [0.25, 0.3) is 5.57 Å². The van der Waals surface area contributed by atoms with E-state index >= 15 is 0 Å². The highest BCUT2D eigenvalue weighted by Crippen LogP contribution is 2.37. The molecule has 0 bridgehead atoms. The molecule has 0 atom stereocenters. The summed E-state index contributed by atoms with van der Waals surface area (Å²) in [5.41, 5.74) is 3.10. The third kappa shape index (κ3) is 4.32. The minimum atomic E-state index is -0.463. The predicted octanol–water partition coefficient (Wildman–Crippen LogP) is 4.81. The van der Waals surface area contributed by atoms with Gasteiger partial charge in [-0.2, -0.15) is 0 Å². The van der Waals surface area contributed by atoms with Gasteiger partial charge < -0.3 is 19.5 Å². The molecular formula is C27H26N2O5. The highest BCUT2D eigenvalue weighted by atomic mass is 16.5. The second-order valence-electron chi connectivity index (χ2n) is 7.68. The molecule has 2 amide bonds. The van der Waals surface area contributed by atoms with Crippen LogP contribution in [0.2, 0.25) is 0 Å². The van der Waals surface area contributed by atoms with Crippen LogP contribution in [0.5, 0.6) is 17.2 Å². The van der Waals surface area contributed by atoms with Crippen molar-refractivity contribution >= 4 is 28.8 Å². The van der Waals surface area contributed by atoms with Crippen molar-refractivity contribution in [2.75, 3.05) is 31.0 Å². The molecule has 1 aliphatic heterocycles. The second-order valence-corrected chi connectivity index (χ2v) is 7.68. The Morgan fingerprint density at radius 1 is 0.824 bits per heavy atom. The van der Waals surface area contributed by atoms with Crippen molar-refractivity contribution in [1.29, 1.82) is 0 Å². The smallest absolute Gasteiger partial charge is 0.282 e. The quantitative estimate of drug-likeness (QED) is 0.489. The lowest BCUT2D eigenvalue weighted by Gasteiger charge is -2.16. The molecule has 1 heterocycles. The van der Waals surface area contributed by atoms with E-state index in [-0.39, 0.29) is 11.3 Å². The topological polar surface area (TPSA) is 77.1 Å². The van der Waals surface area contributed by atoms with Gasteiger partial charge in [0.1, 0.15) is 22.9 Å². The maximum absolute atomic E-state index is 13.6. The Kier molecular flexibility index (Phi) is 6.54. The molecule has 0 saturated heterocycles. The van der Waals surface area contributed by atoms with E-state index < -0.39 is 11.8 Å². The number of amides is 2. The van der Waals surface area contributed by atoms with Gasteiger partial charge in [0.25, 0.3) is 11.8 Å². The second kappa shape index (κ2) is 9.70. The SMILES string of the molecule is CCOc1ccc(N2C(=O)C(Nc3cc(OC)ccc3OC)=C(c3ccc(C)cc3)C2=O)cc1. The number of ether oxygens (including phenoxy) is 3. The van der Waals surface area contributed by atoms with E-state index in [2.05, 4.69) is 5.32 Å². The molecule has 1 aliphatic rings. The maximum Gasteiger partial charge on any atom is 0.282 e. The van der Waals surface area contributed by atoms with Crippen LogP contribution in [0.1, 0.15) is 18.1 Å². The summed E-state index contributed by atoms with van der Waals surface area (Å²) in [6, 6.07) is 19.6. The van der Waals surface area contributed by atoms with Crippen molar-refractivity contribution in [2.24, 2.45) is 0 Å². The minimum absolute atomic E-state index is 0.161. The fourth-order valence-corrected chi connectivity index (χ4v) is 3.77. The van der Waals surface area contributed by atoms with Crippen LogP contribution in [-0.4, -0.2) is 32.6 Å². The fraction of sp³-hybridized carbons (Fsp3) is 0.185. The summed E-state index contributed by atoms with van der Waals surface area (Å²) in [5, 5.41) is 3.15. The van der Waals surface area contributed by atoms with Crippen LogP contribution >= 0.6 is 0 Å². The Morgan fingerprint density at radius 2 is 1.50 bits per heavy atom. The average Bonchev–Trinajstić information content (AvgIpc) is 3.09. The number of aryl methyl sites for hydroxylation is 1. The van der Waals surface area contributed by atoms with E-state index in [1.807, 2.05) is 38.1 Å². The largest absolute Gasteiger partial charge is 0.497 e. The van der Waals surface area contributed by atoms with E-state index in [0.29, 0.717) is 40.8 Å². The standard InChI is InChI=1S/C27H26N2O5/c1-5-34-20-12-10-19(11-13-20)29-26(30)24(18-8-6-17(2)7-9-18)25(27(29)31)28-22-16-21(32-3)14-15-23(22)33-4/h6-16,28H,5H2,1-4H3. The molecule has 4 rings (SSSR count). The van der Waals surface area contributed by atoms with Crippen LogP contribution in [-0.2, 0) is 9.59 Å². The number of rotatable bonds is 8. The van der Waals surface area contributed by atoms with Crippen molar-refractivity contribution in [3.05, 3.63) is 83.6 Å². The highest BCUT2D eigenvalue weighted by Gasteiger charge is 2.40. The highest BCUT2D eigenvalue weighted by molar-refractivity contribution is 6.46. The van der Waals surface area contributed by atoms with Crippen molar-refractivity contribution in [3.8, 4) is 17.2 Å². The molecule has 0 radical (unpaired) electrons. The van der Waals surface area contributed by atoms with Crippen molar-refractivity contribution < 1.29 is 23.8 Å². The van der Waals surface area contributed by atoms with E-state index in [1.54, 1.807) is 49.6 Å². The molecular weight excluding hydrogens is 432 g/mol. The number of methoxy groups -OCH3 is 2. The third-order valence-corrected chi connectivity index (χ3v) is 5.50. The van der Waals surface area contributed by atoms with Gasteiger partial charge in [0.05, 0.1) is 37.8 Å². The number of nitrogens with one attached hydrogen (secondary N) is 1. The molecule has 7 nitrogen and oxygen atoms in total. The number of benzene rings is 3. The summed E-state index contributed by atoms with van der Waals surface area (Å²) in [4.78, 5) is 28.4. The monoisotopic (exact) mass is 458 g/mol. The normalized spacial score (nSPS) is 13.4. The molecule has 7 heteroatoms. The molecule has 0 fully saturated rings. The number of carbonyl (C=O) groups is 2. The van der Waals surface area contributed by atoms with Crippen LogP contribution in [0.4, 0.5) is 11.4 Å². The molecule has 0 spiro atoms. The molecule has 0 aromatic heterocycles. The van der Waals surface area contributed by atoms with Crippen LogP contribution < -0.4 is 24.4 Å². The van der Waals surface area contributed by atoms with Gasteiger partial charge in [-0.25, -0.2) is 4.90 Å². The van der Waals surface area contributed by atoms with E-state index in [0.717, 1.165) is 5.56 Å². The molecule has 3 aromatic carbocycles. The summed E-state index contributed by atoms with van der Waals surface area (Å²) < 4.78 is 16.3. The predicted molar refractivity (Wildman–Crippen MR) is 131 cm³/mol. The lowest BCUT2D eigenvalue weighted by molar-refractivity contribution is -0.120. The summed E-state index contributed by atoms with van der Waals surface area (Å²) in [5.74, 6) is 0.880. The number of anilines is 2. The lowest BCUT2D eigenvalue weighted by Crippen LogP contribution is -2.32. The molecule has 34 heavy (non-hydrogen) atoms. The van der Waals surface area contributed by atoms with Gasteiger partial charge in [-0.1, -0.05) is 29.8 Å². The zero-order valence-electron chi connectivity index (χ0n) is 19.5. The molecule has 3 aromatic rings. The summed E-state index contributed by atoms with van der Waals surface area (Å²) in [6.45, 7) is 4.38. The first kappa shape index (κ1) is 22.9. The number of carbonyl (C=O) groups excluding carboxylic acids is 2. The molecule has 1 N–H and O–H groups in total. The van der Waals surface area contributed by atoms with Crippen LogP contribution in [0.3, 0.4) is 0 Å². The van der Waals surface area contributed by atoms with Gasteiger partial charge in [0, 0.05) is 6.07 Å². The van der Waals surface area contributed by atoms with Gasteiger partial charge in [0.15, 0.2) is 0 Å². The first-order chi connectivity index (χ1) is 16.5. The van der Waals surface area contributed by atoms with Gasteiger partial charge in [-0.05, 0) is 55.8 Å². The molecule has 0 saturated carbocycles. The summed E-state index contributed by atoms with van der Waals surface area (Å²) in [6.07, 6.45) is 0. The number of hydrogen-bond donors (Lipinski definition) is 1. The van der Waals surface area contributed by atoms with Crippen LogP contribution in [0.15, 0.2) is 72.4 Å². The van der Waals surface area contributed by atoms with E-state index in [4.69, 9.17) is 14.2 Å². The Bertz CT molecular complexity index is 1250. The molecule has 0 aliphatic carbocycles. The van der Waals surface area contributed by atoms with E-state index in [1.165, 1.54) is 12.0 Å². The van der Waals surface area contributed by atoms with Gasteiger partial charge in [-0.3, -0.25) is 9.59 Å². The lowest BCUT2D eigenvalue weighted by atomic mass is 10.0. The zero-order chi connectivity index (χ0) is 24.2. The summed E-state index contributed by atoms with van der Waals surface area (Å²) in [7, 11) is 3.09. The van der Waals surface area contributed by atoms with E-state index in [9.17, 15) is 9.59 Å². The maximum atomic E-state index is 13.6. The third-order valence-electron chi connectivity index (χ3n) is 5.50. The minimum Gasteiger partial charge on any atom is -0.497 e. The average molecular weight is 459 g/mol. The Hall–Kier alpha value is -4.26. The van der Waals surface area contributed by atoms with Crippen LogP contribution in [0, 0.1) is 6.92 Å². The fourth-order valence-electron chi connectivity index (χ4n) is 3.77. The molecule has 174 valence electrons. The summed E-state index contributed by atoms with van der Waals surface area (Å²) >= 11 is 0. The number of imide groups is 1. The first-order valence-electron chi connectivity index (χ1n) is 10.9. The zero-order valence-corrected chi connectivity index (χ0v) is 19.5. The van der Waals surface area contributed by atoms with Gasteiger partial charge in [0.2, 0.25) is 0 Å².